The van der Waals surface area contributed by atoms with E-state index in [1.54, 1.807) is 18.2 Å². The van der Waals surface area contributed by atoms with E-state index in [4.69, 9.17) is 5.73 Å². The van der Waals surface area contributed by atoms with E-state index >= 15 is 0 Å². The molecule has 0 saturated heterocycles. The summed E-state index contributed by atoms with van der Waals surface area (Å²) >= 11 is 0. The van der Waals surface area contributed by atoms with Crippen molar-refractivity contribution in [2.45, 2.75) is 37.6 Å². The van der Waals surface area contributed by atoms with Crippen molar-refractivity contribution < 1.29 is 14.7 Å². The fourth-order valence-corrected chi connectivity index (χ4v) is 2.88. The summed E-state index contributed by atoms with van der Waals surface area (Å²) in [6.45, 7) is 1.93. The van der Waals surface area contributed by atoms with E-state index in [-0.39, 0.29) is 29.2 Å². The summed E-state index contributed by atoms with van der Waals surface area (Å²) in [7, 11) is 0. The van der Waals surface area contributed by atoms with Crippen molar-refractivity contribution in [1.82, 2.24) is 9.97 Å². The SMILES string of the molecule is CCCCC(=O)C(N)C(C(=O)O)(c1cccc(C#N)c1)c1ncccn1. The zero-order chi connectivity index (χ0) is 19.2. The molecule has 134 valence electrons. The van der Waals surface area contributed by atoms with Crippen LogP contribution in [0.15, 0.2) is 42.7 Å². The third-order valence-corrected chi connectivity index (χ3v) is 4.29. The van der Waals surface area contributed by atoms with Crippen molar-refractivity contribution in [2.24, 2.45) is 5.73 Å². The first-order valence-electron chi connectivity index (χ1n) is 8.28. The van der Waals surface area contributed by atoms with E-state index in [0.717, 1.165) is 6.42 Å². The van der Waals surface area contributed by atoms with Crippen molar-refractivity contribution in [3.05, 3.63) is 59.7 Å². The van der Waals surface area contributed by atoms with Gasteiger partial charge in [0.2, 0.25) is 0 Å². The number of rotatable bonds is 8. The predicted molar refractivity (Wildman–Crippen MR) is 94.1 cm³/mol. The maximum Gasteiger partial charge on any atom is 0.324 e. The first kappa shape index (κ1) is 19.2. The fourth-order valence-electron chi connectivity index (χ4n) is 2.88. The van der Waals surface area contributed by atoms with Crippen molar-refractivity contribution in [3.8, 4) is 6.07 Å². The lowest BCUT2D eigenvalue weighted by Crippen LogP contribution is -2.57. The highest BCUT2D eigenvalue weighted by Gasteiger charge is 2.53. The largest absolute Gasteiger partial charge is 0.480 e. The number of unbranched alkanes of at least 4 members (excludes halogenated alkanes) is 1. The quantitative estimate of drug-likeness (QED) is 0.741. The number of Topliss-reactive ketones (excluding diaryl/α,β-unsaturated/α-hetero) is 1. The van der Waals surface area contributed by atoms with Gasteiger partial charge in [0.25, 0.3) is 0 Å². The highest BCUT2D eigenvalue weighted by Crippen LogP contribution is 2.34. The van der Waals surface area contributed by atoms with Crippen molar-refractivity contribution in [2.75, 3.05) is 0 Å². The number of carbonyl (C=O) groups excluding carboxylic acids is 1. The highest BCUT2D eigenvalue weighted by atomic mass is 16.4. The van der Waals surface area contributed by atoms with Crippen molar-refractivity contribution in [1.29, 1.82) is 5.26 Å². The summed E-state index contributed by atoms with van der Waals surface area (Å²) < 4.78 is 0. The lowest BCUT2D eigenvalue weighted by molar-refractivity contribution is -0.145. The van der Waals surface area contributed by atoms with Crippen molar-refractivity contribution >= 4 is 11.8 Å². The number of aliphatic carboxylic acids is 1. The Morgan fingerprint density at radius 2 is 2.00 bits per heavy atom. The first-order valence-corrected chi connectivity index (χ1v) is 8.28. The minimum atomic E-state index is -1.97. The normalized spacial score (nSPS) is 14.0. The Labute approximate surface area is 151 Å². The van der Waals surface area contributed by atoms with Crippen LogP contribution in [0, 0.1) is 11.3 Å². The first-order chi connectivity index (χ1) is 12.5. The van der Waals surface area contributed by atoms with Crippen LogP contribution in [0.1, 0.15) is 43.1 Å². The maximum absolute atomic E-state index is 12.6. The number of carboxylic acid groups (broad SMARTS) is 1. The number of hydrogen-bond donors (Lipinski definition) is 2. The van der Waals surface area contributed by atoms with Gasteiger partial charge < -0.3 is 10.8 Å². The van der Waals surface area contributed by atoms with Crippen LogP contribution < -0.4 is 5.73 Å². The molecule has 1 aromatic carbocycles. The van der Waals surface area contributed by atoms with Gasteiger partial charge >= 0.3 is 5.97 Å². The third kappa shape index (κ3) is 3.46. The Hall–Kier alpha value is -3.11. The smallest absolute Gasteiger partial charge is 0.324 e. The molecule has 26 heavy (non-hydrogen) atoms. The van der Waals surface area contributed by atoms with Crippen LogP contribution in [0.3, 0.4) is 0 Å². The summed E-state index contributed by atoms with van der Waals surface area (Å²) in [5.41, 5.74) is 4.69. The Morgan fingerprint density at radius 1 is 1.31 bits per heavy atom. The Kier molecular flexibility index (Phi) is 6.15. The molecule has 0 amide bonds. The molecule has 0 radical (unpaired) electrons. The monoisotopic (exact) mass is 352 g/mol. The Morgan fingerprint density at radius 3 is 2.58 bits per heavy atom. The van der Waals surface area contributed by atoms with Gasteiger partial charge in [0, 0.05) is 18.8 Å². The van der Waals surface area contributed by atoms with Gasteiger partial charge in [-0.15, -0.1) is 0 Å². The van der Waals surface area contributed by atoms with Crippen LogP contribution in [0.4, 0.5) is 0 Å². The Bertz CT molecular complexity index is 832. The third-order valence-electron chi connectivity index (χ3n) is 4.29. The molecule has 0 aliphatic rings. The molecule has 2 rings (SSSR count). The van der Waals surface area contributed by atoms with Crippen LogP contribution >= 0.6 is 0 Å². The molecule has 0 aliphatic heterocycles. The lowest BCUT2D eigenvalue weighted by Gasteiger charge is -2.33. The molecule has 1 heterocycles. The number of nitrogens with two attached hydrogens (primary N) is 1. The van der Waals surface area contributed by atoms with E-state index in [0.29, 0.717) is 6.42 Å². The van der Waals surface area contributed by atoms with E-state index in [2.05, 4.69) is 9.97 Å². The molecule has 2 atom stereocenters. The predicted octanol–water partition coefficient (Wildman–Crippen LogP) is 1.81. The summed E-state index contributed by atoms with van der Waals surface area (Å²) in [5.74, 6) is -1.81. The van der Waals surface area contributed by atoms with Crippen LogP contribution in [0.2, 0.25) is 0 Å². The zero-order valence-corrected chi connectivity index (χ0v) is 14.4. The average Bonchev–Trinajstić information content (AvgIpc) is 2.67. The minimum Gasteiger partial charge on any atom is -0.480 e. The van der Waals surface area contributed by atoms with Crippen molar-refractivity contribution in [3.63, 3.8) is 0 Å². The summed E-state index contributed by atoms with van der Waals surface area (Å²) in [5, 5.41) is 19.3. The molecule has 3 N–H and O–H groups in total. The zero-order valence-electron chi connectivity index (χ0n) is 14.4. The second-order valence-corrected chi connectivity index (χ2v) is 5.93. The van der Waals surface area contributed by atoms with E-state index in [1.165, 1.54) is 24.5 Å². The molecule has 7 heteroatoms. The minimum absolute atomic E-state index is 0.0834. The number of aromatic nitrogens is 2. The lowest BCUT2D eigenvalue weighted by atomic mass is 9.71. The molecule has 0 aliphatic carbocycles. The van der Waals surface area contributed by atoms with Crippen LogP contribution in [0.5, 0.6) is 0 Å². The number of carbonyl (C=O) groups is 2. The number of nitrogens with zero attached hydrogens (tertiary/aromatic N) is 3. The van der Waals surface area contributed by atoms with Gasteiger partial charge in [-0.25, -0.2) is 9.97 Å². The summed E-state index contributed by atoms with van der Waals surface area (Å²) in [4.78, 5) is 33.3. The van der Waals surface area contributed by atoms with Gasteiger partial charge in [-0.05, 0) is 30.2 Å². The number of benzene rings is 1. The molecule has 0 bridgehead atoms. The van der Waals surface area contributed by atoms with Crippen LogP contribution in [0.25, 0.3) is 0 Å². The van der Waals surface area contributed by atoms with E-state index in [1.807, 2.05) is 13.0 Å². The van der Waals surface area contributed by atoms with Gasteiger partial charge in [-0.2, -0.15) is 5.26 Å². The number of carboxylic acids is 1. The van der Waals surface area contributed by atoms with Gasteiger partial charge in [0.1, 0.15) is 0 Å². The molecule has 2 unspecified atom stereocenters. The molecule has 0 saturated carbocycles. The molecular formula is C19H20N4O3. The second kappa shape index (κ2) is 8.32. The van der Waals surface area contributed by atoms with Gasteiger partial charge in [-0.1, -0.05) is 25.5 Å². The number of nitriles is 1. The topological polar surface area (TPSA) is 130 Å². The van der Waals surface area contributed by atoms with E-state index in [9.17, 15) is 20.0 Å². The molecule has 2 aromatic rings. The number of ketones is 1. The maximum atomic E-state index is 12.6. The van der Waals surface area contributed by atoms with Gasteiger partial charge in [-0.3, -0.25) is 9.59 Å². The number of hydrogen-bond acceptors (Lipinski definition) is 6. The van der Waals surface area contributed by atoms with E-state index < -0.39 is 17.4 Å². The van der Waals surface area contributed by atoms with Crippen LogP contribution in [-0.4, -0.2) is 32.9 Å². The average molecular weight is 352 g/mol. The standard InChI is InChI=1S/C19H20N4O3/c1-2-3-8-15(24)16(21)19(18(25)26,17-22-9-5-10-23-17)14-7-4-6-13(11-14)12-20/h4-7,9-11,16H,2-3,8,21H2,1H3,(H,25,26). The fraction of sp³-hybridized carbons (Fsp3) is 0.316. The Balaban J connectivity index is 2.72. The van der Waals surface area contributed by atoms with Gasteiger partial charge in [0.15, 0.2) is 17.0 Å². The van der Waals surface area contributed by atoms with Crippen LogP contribution in [-0.2, 0) is 15.0 Å². The molecule has 1 aromatic heterocycles. The second-order valence-electron chi connectivity index (χ2n) is 5.93. The molecular weight excluding hydrogens is 332 g/mol. The highest BCUT2D eigenvalue weighted by molar-refractivity contribution is 5.97. The molecule has 7 nitrogen and oxygen atoms in total. The summed E-state index contributed by atoms with van der Waals surface area (Å²) in [6, 6.07) is 8.18. The van der Waals surface area contributed by atoms with Gasteiger partial charge in [0.05, 0.1) is 17.7 Å². The molecule has 0 fully saturated rings. The molecule has 0 spiro atoms. The summed E-state index contributed by atoms with van der Waals surface area (Å²) in [6.07, 6.45) is 4.35.